The molecular formula is C15H16F3N3. The Morgan fingerprint density at radius 3 is 2.38 bits per heavy atom. The summed E-state index contributed by atoms with van der Waals surface area (Å²) < 4.78 is 37.8. The summed E-state index contributed by atoms with van der Waals surface area (Å²) in [6.45, 7) is 6.19. The fraction of sp³-hybridized carbons (Fsp3) is 0.333. The predicted molar refractivity (Wildman–Crippen MR) is 75.5 cm³/mol. The number of nitrogens with zero attached hydrogens (tertiary/aromatic N) is 2. The van der Waals surface area contributed by atoms with Crippen molar-refractivity contribution in [2.24, 2.45) is 0 Å². The molecule has 0 radical (unpaired) electrons. The summed E-state index contributed by atoms with van der Waals surface area (Å²) in [5.41, 5.74) is 0.708. The average Bonchev–Trinajstić information content (AvgIpc) is 2.37. The maximum Gasteiger partial charge on any atom is 0.433 e. The molecule has 0 saturated carbocycles. The van der Waals surface area contributed by atoms with Crippen molar-refractivity contribution in [2.75, 3.05) is 5.32 Å². The zero-order valence-electron chi connectivity index (χ0n) is 12.0. The molecule has 1 N–H and O–H groups in total. The number of alkyl halides is 3. The molecule has 0 spiro atoms. The van der Waals surface area contributed by atoms with Gasteiger partial charge in [-0.05, 0) is 29.2 Å². The molecular weight excluding hydrogens is 279 g/mol. The molecule has 0 bridgehead atoms. The van der Waals surface area contributed by atoms with E-state index in [1.807, 2.05) is 18.2 Å². The third-order valence-corrected chi connectivity index (χ3v) is 2.93. The van der Waals surface area contributed by atoms with Gasteiger partial charge in [-0.2, -0.15) is 13.2 Å². The Hall–Kier alpha value is -2.11. The van der Waals surface area contributed by atoms with Crippen LogP contribution in [0.15, 0.2) is 36.5 Å². The van der Waals surface area contributed by atoms with E-state index in [4.69, 9.17) is 0 Å². The second kappa shape index (κ2) is 5.35. The van der Waals surface area contributed by atoms with Crippen molar-refractivity contribution in [3.8, 4) is 0 Å². The van der Waals surface area contributed by atoms with Crippen LogP contribution in [-0.4, -0.2) is 9.97 Å². The summed E-state index contributed by atoms with van der Waals surface area (Å²) in [5, 5.41) is 2.81. The molecule has 0 aliphatic carbocycles. The number of rotatable bonds is 2. The SMILES string of the molecule is CC(C)(C)c1cccc(Nc2nccc(C(F)(F)F)n2)c1. The van der Waals surface area contributed by atoms with E-state index < -0.39 is 11.9 Å². The van der Waals surface area contributed by atoms with E-state index in [0.717, 1.165) is 17.8 Å². The Kier molecular flexibility index (Phi) is 3.89. The number of benzene rings is 1. The van der Waals surface area contributed by atoms with Crippen LogP contribution in [0.3, 0.4) is 0 Å². The molecule has 1 heterocycles. The molecule has 0 aliphatic rings. The van der Waals surface area contributed by atoms with Gasteiger partial charge in [0.15, 0.2) is 0 Å². The van der Waals surface area contributed by atoms with Crippen LogP contribution in [-0.2, 0) is 11.6 Å². The monoisotopic (exact) mass is 295 g/mol. The van der Waals surface area contributed by atoms with Gasteiger partial charge in [-0.3, -0.25) is 0 Å². The molecule has 0 amide bonds. The van der Waals surface area contributed by atoms with E-state index in [1.165, 1.54) is 0 Å². The van der Waals surface area contributed by atoms with Gasteiger partial charge in [0.05, 0.1) is 0 Å². The van der Waals surface area contributed by atoms with Crippen molar-refractivity contribution in [3.63, 3.8) is 0 Å². The first-order valence-electron chi connectivity index (χ1n) is 6.44. The zero-order valence-corrected chi connectivity index (χ0v) is 12.0. The van der Waals surface area contributed by atoms with Gasteiger partial charge in [0.25, 0.3) is 0 Å². The fourth-order valence-electron chi connectivity index (χ4n) is 1.77. The molecule has 1 aromatic carbocycles. The van der Waals surface area contributed by atoms with Gasteiger partial charge in [-0.15, -0.1) is 0 Å². The minimum atomic E-state index is -4.48. The van der Waals surface area contributed by atoms with Crippen LogP contribution in [0.4, 0.5) is 24.8 Å². The van der Waals surface area contributed by atoms with Gasteiger partial charge in [0, 0.05) is 11.9 Å². The molecule has 3 nitrogen and oxygen atoms in total. The second-order valence-electron chi connectivity index (χ2n) is 5.72. The van der Waals surface area contributed by atoms with Gasteiger partial charge < -0.3 is 5.32 Å². The predicted octanol–water partition coefficient (Wildman–Crippen LogP) is 4.54. The summed E-state index contributed by atoms with van der Waals surface area (Å²) in [6.07, 6.45) is -3.39. The summed E-state index contributed by atoms with van der Waals surface area (Å²) in [4.78, 5) is 7.30. The lowest BCUT2D eigenvalue weighted by Crippen LogP contribution is -2.12. The number of anilines is 2. The highest BCUT2D eigenvalue weighted by Crippen LogP contribution is 2.29. The van der Waals surface area contributed by atoms with Crippen molar-refractivity contribution in [3.05, 3.63) is 47.8 Å². The number of nitrogens with one attached hydrogen (secondary N) is 1. The van der Waals surface area contributed by atoms with E-state index in [-0.39, 0.29) is 11.4 Å². The number of halogens is 3. The van der Waals surface area contributed by atoms with E-state index in [0.29, 0.717) is 5.69 Å². The van der Waals surface area contributed by atoms with Gasteiger partial charge in [-0.1, -0.05) is 32.9 Å². The van der Waals surface area contributed by atoms with Crippen molar-refractivity contribution in [2.45, 2.75) is 32.4 Å². The normalized spacial score (nSPS) is 12.3. The Bertz CT molecular complexity index is 575. The quantitative estimate of drug-likeness (QED) is 0.884. The second-order valence-corrected chi connectivity index (χ2v) is 5.72. The fourth-order valence-corrected chi connectivity index (χ4v) is 1.77. The van der Waals surface area contributed by atoms with Gasteiger partial charge in [0.2, 0.25) is 5.95 Å². The van der Waals surface area contributed by atoms with Crippen LogP contribution < -0.4 is 5.32 Å². The van der Waals surface area contributed by atoms with E-state index >= 15 is 0 Å². The summed E-state index contributed by atoms with van der Waals surface area (Å²) in [7, 11) is 0. The molecule has 2 aromatic rings. The first kappa shape index (κ1) is 15.3. The van der Waals surface area contributed by atoms with Crippen molar-refractivity contribution < 1.29 is 13.2 Å². The van der Waals surface area contributed by atoms with Crippen LogP contribution in [0.2, 0.25) is 0 Å². The van der Waals surface area contributed by atoms with Crippen molar-refractivity contribution in [1.82, 2.24) is 9.97 Å². The molecule has 0 atom stereocenters. The van der Waals surface area contributed by atoms with Crippen LogP contribution in [0.1, 0.15) is 32.0 Å². The highest BCUT2D eigenvalue weighted by atomic mass is 19.4. The van der Waals surface area contributed by atoms with Crippen molar-refractivity contribution in [1.29, 1.82) is 0 Å². The van der Waals surface area contributed by atoms with Crippen LogP contribution in [0.5, 0.6) is 0 Å². The first-order chi connectivity index (χ1) is 9.66. The van der Waals surface area contributed by atoms with E-state index in [9.17, 15) is 13.2 Å². The minimum absolute atomic E-state index is 0.0492. The van der Waals surface area contributed by atoms with Crippen LogP contribution in [0.25, 0.3) is 0 Å². The van der Waals surface area contributed by atoms with Crippen molar-refractivity contribution >= 4 is 11.6 Å². The highest BCUT2D eigenvalue weighted by Gasteiger charge is 2.32. The number of aromatic nitrogens is 2. The molecule has 0 unspecified atom stereocenters. The Balaban J connectivity index is 2.27. The molecule has 0 saturated heterocycles. The molecule has 1 aromatic heterocycles. The third kappa shape index (κ3) is 3.93. The Morgan fingerprint density at radius 2 is 1.76 bits per heavy atom. The molecule has 112 valence electrons. The summed E-state index contributed by atoms with van der Waals surface area (Å²) in [5.74, 6) is -0.0733. The third-order valence-electron chi connectivity index (χ3n) is 2.93. The summed E-state index contributed by atoms with van der Waals surface area (Å²) >= 11 is 0. The molecule has 0 aliphatic heterocycles. The maximum atomic E-state index is 12.6. The zero-order chi connectivity index (χ0) is 15.7. The lowest BCUT2D eigenvalue weighted by Gasteiger charge is -2.20. The highest BCUT2D eigenvalue weighted by molar-refractivity contribution is 5.55. The Morgan fingerprint density at radius 1 is 1.05 bits per heavy atom. The molecule has 21 heavy (non-hydrogen) atoms. The smallest absolute Gasteiger partial charge is 0.324 e. The largest absolute Gasteiger partial charge is 0.433 e. The standard InChI is InChI=1S/C15H16F3N3/c1-14(2,3)10-5-4-6-11(9-10)20-13-19-8-7-12(21-13)15(16,17)18/h4-9H,1-3H3,(H,19,20,21). The van der Waals surface area contributed by atoms with Crippen LogP contribution in [0, 0.1) is 0 Å². The van der Waals surface area contributed by atoms with Gasteiger partial charge in [0.1, 0.15) is 5.69 Å². The van der Waals surface area contributed by atoms with E-state index in [2.05, 4.69) is 36.1 Å². The average molecular weight is 295 g/mol. The Labute approximate surface area is 121 Å². The van der Waals surface area contributed by atoms with E-state index in [1.54, 1.807) is 6.07 Å². The molecule has 2 rings (SSSR count). The van der Waals surface area contributed by atoms with Gasteiger partial charge >= 0.3 is 6.18 Å². The first-order valence-corrected chi connectivity index (χ1v) is 6.44. The van der Waals surface area contributed by atoms with Gasteiger partial charge in [-0.25, -0.2) is 9.97 Å². The minimum Gasteiger partial charge on any atom is -0.324 e. The molecule has 0 fully saturated rings. The maximum absolute atomic E-state index is 12.6. The lowest BCUT2D eigenvalue weighted by atomic mass is 9.87. The number of hydrogen-bond acceptors (Lipinski definition) is 3. The summed E-state index contributed by atoms with van der Waals surface area (Å²) in [6, 6.07) is 8.30. The number of hydrogen-bond donors (Lipinski definition) is 1. The molecule has 6 heteroatoms. The van der Waals surface area contributed by atoms with Crippen LogP contribution >= 0.6 is 0 Å². The topological polar surface area (TPSA) is 37.8 Å². The lowest BCUT2D eigenvalue weighted by molar-refractivity contribution is -0.141.